The molecule has 1 aliphatic heterocycles. The molecule has 12 heteroatoms. The second kappa shape index (κ2) is 7.06. The predicted molar refractivity (Wildman–Crippen MR) is 89.6 cm³/mol. The van der Waals surface area contributed by atoms with E-state index in [-0.39, 0.29) is 21.6 Å². The number of nitrogens with zero attached hydrogens (tertiary/aromatic N) is 4. The van der Waals surface area contributed by atoms with Crippen molar-refractivity contribution in [2.45, 2.75) is 6.18 Å². The van der Waals surface area contributed by atoms with Crippen molar-refractivity contribution in [3.05, 3.63) is 46.3 Å². The van der Waals surface area contributed by atoms with Crippen molar-refractivity contribution in [1.29, 1.82) is 0 Å². The summed E-state index contributed by atoms with van der Waals surface area (Å²) in [4.78, 5) is 8.89. The summed E-state index contributed by atoms with van der Waals surface area (Å²) in [6.45, 7) is 0. The first-order valence-corrected chi connectivity index (χ1v) is 7.66. The third-order valence-electron chi connectivity index (χ3n) is 3.20. The zero-order valence-corrected chi connectivity index (χ0v) is 14.5. The van der Waals surface area contributed by atoms with Crippen LogP contribution >= 0.6 is 23.2 Å². The summed E-state index contributed by atoms with van der Waals surface area (Å²) in [5, 5.41) is 5.19. The Morgan fingerprint density at radius 2 is 1.96 bits per heavy atom. The number of alkyl halides is 3. The Bertz CT molecular complexity index is 859. The number of hydrazine groups is 1. The fourth-order valence-electron chi connectivity index (χ4n) is 2.10. The first-order chi connectivity index (χ1) is 12.3. The minimum atomic E-state index is -4.58. The Morgan fingerprint density at radius 3 is 2.50 bits per heavy atom. The molecule has 0 atom stereocenters. The van der Waals surface area contributed by atoms with Gasteiger partial charge in [-0.05, 0) is 12.1 Å². The average molecular weight is 408 g/mol. The Labute approximate surface area is 155 Å². The SMILES string of the molecule is COC=Nc1cc(N2C=CON2)nn1-c1c(Cl)cc(C(F)(F)F)cc1Cl. The van der Waals surface area contributed by atoms with Gasteiger partial charge < -0.3 is 9.57 Å². The van der Waals surface area contributed by atoms with E-state index in [0.29, 0.717) is 5.82 Å². The lowest BCUT2D eigenvalue weighted by atomic mass is 10.2. The van der Waals surface area contributed by atoms with Crippen molar-refractivity contribution in [2.24, 2.45) is 4.99 Å². The van der Waals surface area contributed by atoms with Gasteiger partial charge in [-0.25, -0.2) is 14.7 Å². The van der Waals surface area contributed by atoms with Gasteiger partial charge in [0, 0.05) is 6.07 Å². The van der Waals surface area contributed by atoms with Crippen LogP contribution in [0.3, 0.4) is 0 Å². The van der Waals surface area contributed by atoms with E-state index in [4.69, 9.17) is 32.8 Å². The zero-order valence-electron chi connectivity index (χ0n) is 13.0. The Kier molecular flexibility index (Phi) is 4.99. The van der Waals surface area contributed by atoms with Crippen LogP contribution in [0.25, 0.3) is 5.69 Å². The fourth-order valence-corrected chi connectivity index (χ4v) is 2.75. The highest BCUT2D eigenvalue weighted by Gasteiger charge is 2.32. The maximum Gasteiger partial charge on any atom is 0.416 e. The van der Waals surface area contributed by atoms with E-state index < -0.39 is 11.7 Å². The van der Waals surface area contributed by atoms with Crippen LogP contribution in [0.1, 0.15) is 5.56 Å². The lowest BCUT2D eigenvalue weighted by Crippen LogP contribution is -2.27. The molecule has 0 spiro atoms. The highest BCUT2D eigenvalue weighted by Crippen LogP contribution is 2.39. The van der Waals surface area contributed by atoms with Crippen molar-refractivity contribution in [3.63, 3.8) is 0 Å². The summed E-state index contributed by atoms with van der Waals surface area (Å²) in [5.41, 5.74) is 1.60. The van der Waals surface area contributed by atoms with Crippen molar-refractivity contribution in [2.75, 3.05) is 12.1 Å². The Balaban J connectivity index is 2.13. The van der Waals surface area contributed by atoms with Crippen LogP contribution in [-0.2, 0) is 15.8 Å². The third-order valence-corrected chi connectivity index (χ3v) is 3.78. The van der Waals surface area contributed by atoms with Gasteiger partial charge in [0.2, 0.25) is 0 Å². The molecule has 0 amide bonds. The lowest BCUT2D eigenvalue weighted by molar-refractivity contribution is -0.137. The molecular formula is C14H10Cl2F3N5O2. The van der Waals surface area contributed by atoms with Gasteiger partial charge in [0.05, 0.1) is 28.9 Å². The van der Waals surface area contributed by atoms with E-state index in [1.807, 2.05) is 0 Å². The van der Waals surface area contributed by atoms with Crippen molar-refractivity contribution >= 4 is 41.2 Å². The first kappa shape index (κ1) is 18.4. The maximum atomic E-state index is 12.9. The molecular weight excluding hydrogens is 398 g/mol. The second-order valence-corrected chi connectivity index (χ2v) is 5.71. The normalized spacial score (nSPS) is 14.3. The summed E-state index contributed by atoms with van der Waals surface area (Å²) >= 11 is 12.1. The number of halogens is 5. The Hall–Kier alpha value is -2.43. The first-order valence-electron chi connectivity index (χ1n) is 6.90. The van der Waals surface area contributed by atoms with E-state index in [0.717, 1.165) is 18.5 Å². The number of aromatic nitrogens is 2. The molecule has 7 nitrogen and oxygen atoms in total. The summed E-state index contributed by atoms with van der Waals surface area (Å²) in [7, 11) is 1.39. The van der Waals surface area contributed by atoms with Gasteiger partial charge in [-0.15, -0.1) is 5.10 Å². The standard InChI is InChI=1S/C14H10Cl2F3N5O2/c1-25-7-20-11-6-12(23-2-3-26-22-23)21-24(11)13-9(15)4-8(5-10(13)16)14(17,18)19/h2-7,22H,1H3. The van der Waals surface area contributed by atoms with Crippen LogP contribution < -0.4 is 10.6 Å². The van der Waals surface area contributed by atoms with Crippen LogP contribution in [0.15, 0.2) is 35.7 Å². The number of hydrogen-bond acceptors (Lipinski definition) is 6. The molecule has 1 N–H and O–H groups in total. The summed E-state index contributed by atoms with van der Waals surface area (Å²) in [5.74, 6) is 0.543. The second-order valence-electron chi connectivity index (χ2n) is 4.89. The molecule has 1 aliphatic rings. The smallest absolute Gasteiger partial charge is 0.416 e. The summed E-state index contributed by atoms with van der Waals surface area (Å²) < 4.78 is 44.7. The number of nitrogens with one attached hydrogen (secondary N) is 1. The highest BCUT2D eigenvalue weighted by atomic mass is 35.5. The van der Waals surface area contributed by atoms with Gasteiger partial charge >= 0.3 is 6.18 Å². The van der Waals surface area contributed by atoms with Gasteiger partial charge in [-0.3, -0.25) is 0 Å². The number of hydrogen-bond donors (Lipinski definition) is 1. The average Bonchev–Trinajstić information content (AvgIpc) is 3.21. The molecule has 3 rings (SSSR count). The molecule has 2 heterocycles. The number of benzene rings is 1. The van der Waals surface area contributed by atoms with Crippen LogP contribution in [0.5, 0.6) is 0 Å². The molecule has 1 aromatic heterocycles. The van der Waals surface area contributed by atoms with Gasteiger partial charge in [0.25, 0.3) is 0 Å². The van der Waals surface area contributed by atoms with Crippen molar-refractivity contribution in [3.8, 4) is 5.69 Å². The van der Waals surface area contributed by atoms with Crippen molar-refractivity contribution in [1.82, 2.24) is 15.4 Å². The fraction of sp³-hybridized carbons (Fsp3) is 0.143. The molecule has 0 aliphatic carbocycles. The largest absolute Gasteiger partial charge is 0.486 e. The monoisotopic (exact) mass is 407 g/mol. The molecule has 0 saturated heterocycles. The molecule has 0 fully saturated rings. The molecule has 0 unspecified atom stereocenters. The van der Waals surface area contributed by atoms with Gasteiger partial charge in [0.15, 0.2) is 18.0 Å². The lowest BCUT2D eigenvalue weighted by Gasteiger charge is -2.13. The number of anilines is 1. The van der Waals surface area contributed by atoms with Gasteiger partial charge in [-0.1, -0.05) is 28.8 Å². The molecule has 0 saturated carbocycles. The van der Waals surface area contributed by atoms with Crippen LogP contribution in [0.4, 0.5) is 24.8 Å². The van der Waals surface area contributed by atoms with E-state index in [2.05, 4.69) is 15.7 Å². The number of methoxy groups -OCH3 is 1. The van der Waals surface area contributed by atoms with E-state index >= 15 is 0 Å². The van der Waals surface area contributed by atoms with E-state index in [1.165, 1.54) is 35.3 Å². The van der Waals surface area contributed by atoms with Gasteiger partial charge in [-0.2, -0.15) is 13.2 Å². The molecule has 26 heavy (non-hydrogen) atoms. The maximum absolute atomic E-state index is 12.9. The van der Waals surface area contributed by atoms with Crippen LogP contribution in [0.2, 0.25) is 10.0 Å². The molecule has 0 bridgehead atoms. The number of aliphatic imine (C=N–C) groups is 1. The minimum absolute atomic E-state index is 0.0416. The number of ether oxygens (including phenoxy) is 1. The molecule has 138 valence electrons. The third kappa shape index (κ3) is 3.57. The van der Waals surface area contributed by atoms with Crippen LogP contribution in [-0.4, -0.2) is 23.3 Å². The molecule has 1 aromatic carbocycles. The summed E-state index contributed by atoms with van der Waals surface area (Å²) in [6, 6.07) is 3.06. The van der Waals surface area contributed by atoms with Gasteiger partial charge in [0.1, 0.15) is 11.9 Å². The highest BCUT2D eigenvalue weighted by molar-refractivity contribution is 6.38. The topological polar surface area (TPSA) is 63.9 Å². The van der Waals surface area contributed by atoms with Crippen LogP contribution in [0, 0.1) is 0 Å². The van der Waals surface area contributed by atoms with E-state index in [9.17, 15) is 13.2 Å². The number of rotatable bonds is 4. The summed E-state index contributed by atoms with van der Waals surface area (Å²) in [6.07, 6.45) is -0.547. The quantitative estimate of drug-likeness (QED) is 0.606. The predicted octanol–water partition coefficient (Wildman–Crippen LogP) is 4.23. The zero-order chi connectivity index (χ0) is 18.9. The van der Waals surface area contributed by atoms with E-state index in [1.54, 1.807) is 0 Å². The minimum Gasteiger partial charge on any atom is -0.486 e. The Morgan fingerprint density at radius 1 is 1.27 bits per heavy atom. The molecule has 0 radical (unpaired) electrons. The van der Waals surface area contributed by atoms with Crippen molar-refractivity contribution < 1.29 is 22.7 Å². The molecule has 2 aromatic rings.